The van der Waals surface area contributed by atoms with Crippen LogP contribution in [0.15, 0.2) is 24.3 Å². The Morgan fingerprint density at radius 2 is 1.86 bits per heavy atom. The van der Waals surface area contributed by atoms with Gasteiger partial charge in [0.15, 0.2) is 0 Å². The average molecular weight is 409 g/mol. The number of unbranched alkanes of at least 4 members (excludes halogenated alkanes) is 1. The molecule has 7 heteroatoms. The van der Waals surface area contributed by atoms with E-state index in [9.17, 15) is 13.2 Å². The van der Waals surface area contributed by atoms with Gasteiger partial charge in [-0.05, 0) is 56.4 Å². The summed E-state index contributed by atoms with van der Waals surface area (Å²) in [5, 5.41) is 2.96. The van der Waals surface area contributed by atoms with Gasteiger partial charge in [0.1, 0.15) is 0 Å². The number of rotatable bonds is 8. The summed E-state index contributed by atoms with van der Waals surface area (Å²) in [6.45, 7) is 2.47. The normalized spacial score (nSPS) is 21.5. The van der Waals surface area contributed by atoms with Gasteiger partial charge in [0, 0.05) is 17.8 Å². The number of carbonyl (C=O) groups is 1. The van der Waals surface area contributed by atoms with Gasteiger partial charge in [0.05, 0.1) is 17.5 Å². The fourth-order valence-electron chi connectivity index (χ4n) is 4.17. The van der Waals surface area contributed by atoms with Gasteiger partial charge < -0.3 is 10.1 Å². The molecule has 1 saturated carbocycles. The van der Waals surface area contributed by atoms with Gasteiger partial charge >= 0.3 is 0 Å². The van der Waals surface area contributed by atoms with Crippen molar-refractivity contribution in [1.82, 2.24) is 5.32 Å². The van der Waals surface area contributed by atoms with Crippen molar-refractivity contribution in [3.8, 4) is 0 Å². The lowest BCUT2D eigenvalue weighted by atomic mass is 9.83. The van der Waals surface area contributed by atoms with Gasteiger partial charge in [0.25, 0.3) is 5.91 Å². The van der Waals surface area contributed by atoms with Crippen molar-refractivity contribution < 1.29 is 17.9 Å². The van der Waals surface area contributed by atoms with E-state index in [4.69, 9.17) is 4.74 Å². The molecule has 1 atom stereocenters. The average Bonchev–Trinajstić information content (AvgIpc) is 3.07. The number of amides is 1. The molecule has 1 aliphatic heterocycles. The fraction of sp³-hybridized carbons (Fsp3) is 0.667. The van der Waals surface area contributed by atoms with Crippen molar-refractivity contribution in [2.24, 2.45) is 0 Å². The summed E-state index contributed by atoms with van der Waals surface area (Å²) in [5.74, 6) is -0.0529. The molecule has 6 nitrogen and oxygen atoms in total. The minimum absolute atomic E-state index is 0.0598. The van der Waals surface area contributed by atoms with E-state index >= 15 is 0 Å². The van der Waals surface area contributed by atoms with E-state index in [1.165, 1.54) is 19.3 Å². The second-order valence-electron chi connectivity index (χ2n) is 8.08. The summed E-state index contributed by atoms with van der Waals surface area (Å²) in [7, 11) is -3.33. The van der Waals surface area contributed by atoms with E-state index in [-0.39, 0.29) is 23.4 Å². The molecular formula is C21H32N2O4S. The molecule has 2 aliphatic rings. The maximum Gasteiger partial charge on any atom is 0.251 e. The number of nitrogens with one attached hydrogen (secondary N) is 2. The van der Waals surface area contributed by atoms with Crippen LogP contribution < -0.4 is 10.0 Å². The lowest BCUT2D eigenvalue weighted by Gasteiger charge is -2.33. The maximum atomic E-state index is 12.4. The lowest BCUT2D eigenvalue weighted by molar-refractivity contribution is -0.0618. The molecule has 1 aromatic carbocycles. The van der Waals surface area contributed by atoms with Crippen molar-refractivity contribution in [3.63, 3.8) is 0 Å². The highest BCUT2D eigenvalue weighted by Crippen LogP contribution is 2.41. The van der Waals surface area contributed by atoms with Crippen LogP contribution in [0.2, 0.25) is 0 Å². The first-order chi connectivity index (χ1) is 13.4. The molecule has 0 unspecified atom stereocenters. The van der Waals surface area contributed by atoms with Crippen molar-refractivity contribution in [2.45, 2.75) is 76.4 Å². The molecule has 1 aromatic rings. The van der Waals surface area contributed by atoms with Gasteiger partial charge in [-0.15, -0.1) is 0 Å². The Bertz CT molecular complexity index is 755. The largest absolute Gasteiger partial charge is 0.370 e. The molecule has 28 heavy (non-hydrogen) atoms. The number of hydrogen-bond acceptors (Lipinski definition) is 4. The van der Waals surface area contributed by atoms with Crippen molar-refractivity contribution in [3.05, 3.63) is 29.8 Å². The second-order valence-corrected chi connectivity index (χ2v) is 9.93. The summed E-state index contributed by atoms with van der Waals surface area (Å²) in [4.78, 5) is 12.4. The fourth-order valence-corrected chi connectivity index (χ4v) is 5.43. The Morgan fingerprint density at radius 3 is 2.54 bits per heavy atom. The predicted molar refractivity (Wildman–Crippen MR) is 111 cm³/mol. The molecule has 1 spiro atoms. The van der Waals surface area contributed by atoms with Gasteiger partial charge in [-0.2, -0.15) is 0 Å². The molecule has 0 aromatic heterocycles. The highest BCUT2D eigenvalue weighted by Gasteiger charge is 2.40. The maximum absolute atomic E-state index is 12.4. The minimum Gasteiger partial charge on any atom is -0.370 e. The summed E-state index contributed by atoms with van der Waals surface area (Å²) in [6.07, 6.45) is 9.72. The van der Waals surface area contributed by atoms with Crippen molar-refractivity contribution >= 4 is 21.6 Å². The van der Waals surface area contributed by atoms with Crippen molar-refractivity contribution in [1.29, 1.82) is 0 Å². The Kier molecular flexibility index (Phi) is 6.99. The molecule has 0 bridgehead atoms. The van der Waals surface area contributed by atoms with Crippen LogP contribution in [0, 0.1) is 0 Å². The van der Waals surface area contributed by atoms with Crippen LogP contribution in [-0.2, 0) is 14.8 Å². The third-order valence-corrected chi connectivity index (χ3v) is 7.15. The smallest absolute Gasteiger partial charge is 0.251 e. The van der Waals surface area contributed by atoms with Gasteiger partial charge in [-0.3, -0.25) is 9.52 Å². The van der Waals surface area contributed by atoms with E-state index in [1.807, 2.05) is 6.92 Å². The zero-order valence-corrected chi connectivity index (χ0v) is 17.5. The zero-order valence-electron chi connectivity index (χ0n) is 16.7. The number of hydrogen-bond donors (Lipinski definition) is 2. The molecule has 0 radical (unpaired) electrons. The zero-order chi connectivity index (χ0) is 20.0. The first-order valence-electron chi connectivity index (χ1n) is 10.5. The number of sulfonamides is 1. The van der Waals surface area contributed by atoms with Crippen LogP contribution in [0.25, 0.3) is 0 Å². The first-order valence-corrected chi connectivity index (χ1v) is 12.1. The van der Waals surface area contributed by atoms with Crippen molar-refractivity contribution in [2.75, 3.05) is 17.0 Å². The highest BCUT2D eigenvalue weighted by atomic mass is 32.2. The summed E-state index contributed by atoms with van der Waals surface area (Å²) < 4.78 is 32.7. The number of benzene rings is 1. The minimum atomic E-state index is -3.33. The van der Waals surface area contributed by atoms with Gasteiger partial charge in [-0.1, -0.05) is 32.6 Å². The Hall–Kier alpha value is -1.60. The summed E-state index contributed by atoms with van der Waals surface area (Å²) in [6, 6.07) is 6.54. The van der Waals surface area contributed by atoms with E-state index in [0.29, 0.717) is 24.2 Å². The Balaban J connectivity index is 1.47. The highest BCUT2D eigenvalue weighted by molar-refractivity contribution is 7.92. The molecule has 1 saturated heterocycles. The first kappa shape index (κ1) is 21.1. The SMILES string of the molecule is CCCCS(=O)(=O)Nc1ccc(C(=O)NC[C@H]2CCC3(CCCCC3)O2)cc1. The van der Waals surface area contributed by atoms with Gasteiger partial charge in [-0.25, -0.2) is 8.42 Å². The molecule has 156 valence electrons. The van der Waals surface area contributed by atoms with Crippen LogP contribution >= 0.6 is 0 Å². The number of ether oxygens (including phenoxy) is 1. The van der Waals surface area contributed by atoms with E-state index in [0.717, 1.165) is 32.1 Å². The quantitative estimate of drug-likeness (QED) is 0.684. The van der Waals surface area contributed by atoms with Crippen LogP contribution in [0.5, 0.6) is 0 Å². The summed E-state index contributed by atoms with van der Waals surface area (Å²) >= 11 is 0. The Morgan fingerprint density at radius 1 is 1.14 bits per heavy atom. The van der Waals surface area contributed by atoms with E-state index < -0.39 is 10.0 Å². The second kappa shape index (κ2) is 9.27. The number of anilines is 1. The lowest BCUT2D eigenvalue weighted by Crippen LogP contribution is -2.36. The predicted octanol–water partition coefficient (Wildman–Crippen LogP) is 3.84. The molecule has 1 amide bonds. The third kappa shape index (κ3) is 5.70. The van der Waals surface area contributed by atoms with Crippen LogP contribution in [0.3, 0.4) is 0 Å². The molecule has 1 aliphatic carbocycles. The molecular weight excluding hydrogens is 376 g/mol. The molecule has 2 N–H and O–H groups in total. The molecule has 1 heterocycles. The van der Waals surface area contributed by atoms with Crippen LogP contribution in [0.1, 0.15) is 75.1 Å². The van der Waals surface area contributed by atoms with E-state index in [1.54, 1.807) is 24.3 Å². The molecule has 3 rings (SSSR count). The van der Waals surface area contributed by atoms with Crippen LogP contribution in [0.4, 0.5) is 5.69 Å². The van der Waals surface area contributed by atoms with E-state index in [2.05, 4.69) is 10.0 Å². The summed E-state index contributed by atoms with van der Waals surface area (Å²) in [5.41, 5.74) is 1.05. The van der Waals surface area contributed by atoms with Crippen LogP contribution in [-0.4, -0.2) is 38.3 Å². The number of carbonyl (C=O) groups excluding carboxylic acids is 1. The topological polar surface area (TPSA) is 84.5 Å². The van der Waals surface area contributed by atoms with Gasteiger partial charge in [0.2, 0.25) is 10.0 Å². The Labute approximate surface area is 168 Å². The molecule has 2 fully saturated rings. The monoisotopic (exact) mass is 408 g/mol. The third-order valence-electron chi connectivity index (χ3n) is 5.78. The standard InChI is InChI=1S/C21H32N2O4S/c1-2-3-15-28(25,26)23-18-9-7-17(8-10-18)20(24)22-16-19-11-14-21(27-19)12-5-4-6-13-21/h7-10,19,23H,2-6,11-16H2,1H3,(H,22,24)/t19-/m1/s1.